The quantitative estimate of drug-likeness (QED) is 0.155. The van der Waals surface area contributed by atoms with Crippen LogP contribution in [0.4, 0.5) is 11.4 Å². The second-order valence-electron chi connectivity index (χ2n) is 22.5. The Morgan fingerprint density at radius 3 is 1.71 bits per heavy atom. The molecular weight excluding hydrogens is 945 g/mol. The van der Waals surface area contributed by atoms with Crippen LogP contribution >= 0.6 is 0 Å². The fraction of sp³-hybridized carbons (Fsp3) is 0.120. The van der Waals surface area contributed by atoms with Crippen LogP contribution in [0.25, 0.3) is 66.3 Å². The third-order valence-corrected chi connectivity index (χ3v) is 18.8. The van der Waals surface area contributed by atoms with Gasteiger partial charge in [-0.3, -0.25) is 0 Å². The van der Waals surface area contributed by atoms with Crippen molar-refractivity contribution in [1.82, 2.24) is 4.57 Å². The van der Waals surface area contributed by atoms with E-state index in [1.165, 1.54) is 106 Å². The highest BCUT2D eigenvalue weighted by molar-refractivity contribution is 6.11. The Morgan fingerprint density at radius 1 is 0.436 bits per heavy atom. The summed E-state index contributed by atoms with van der Waals surface area (Å²) in [5, 5.41) is 3.63. The largest absolute Gasteiger partial charge is 0.460 e. The lowest BCUT2D eigenvalue weighted by molar-refractivity contribution is 0.384. The molecule has 0 bridgehead atoms. The Labute approximate surface area is 455 Å². The molecule has 0 N–H and O–H groups in total. The first-order valence-corrected chi connectivity index (χ1v) is 27.7. The van der Waals surface area contributed by atoms with Crippen molar-refractivity contribution < 1.29 is 4.42 Å². The fourth-order valence-electron chi connectivity index (χ4n) is 16.0. The van der Waals surface area contributed by atoms with Crippen LogP contribution in [0.1, 0.15) is 72.8 Å². The van der Waals surface area contributed by atoms with E-state index in [9.17, 15) is 0 Å². The van der Waals surface area contributed by atoms with Crippen molar-refractivity contribution in [3.05, 3.63) is 311 Å². The number of nitrogens with zero attached hydrogens (tertiary/aromatic N) is 2. The van der Waals surface area contributed by atoms with Crippen LogP contribution in [-0.4, -0.2) is 4.57 Å². The van der Waals surface area contributed by atoms with Gasteiger partial charge in [0, 0.05) is 55.9 Å². The van der Waals surface area contributed by atoms with Crippen LogP contribution in [0, 0.1) is 5.92 Å². The molecule has 0 spiro atoms. The van der Waals surface area contributed by atoms with Gasteiger partial charge in [-0.1, -0.05) is 214 Å². The highest BCUT2D eigenvalue weighted by Gasteiger charge is 2.66. The molecule has 10 aromatic carbocycles. The molecule has 16 rings (SSSR count). The standard InChI is InChI=1S/C75H56N2O/c1-47-67-48(2)71-70(59-46-51(42-44-66(59)78-71)50-41-43-63-58(45-50)56-34-19-22-38-62(56)76(63)54-31-15-8-16-32-54)74(4)72(67)73(3,61-37-21-24-40-65(61)77(74)64-39-23-18-33-55(64)49-25-9-5-10-26-49)69-57-35-17-20-36-60(57)75(68(47)69,52-27-11-6-12-28-52)53-29-13-7-14-30-53/h5-48H,1-4H3. The highest BCUT2D eigenvalue weighted by atomic mass is 16.3. The van der Waals surface area contributed by atoms with Crippen molar-refractivity contribution in [3.63, 3.8) is 0 Å². The molecule has 4 atom stereocenters. The molecular formula is C75H56N2O. The zero-order valence-corrected chi connectivity index (χ0v) is 44.2. The topological polar surface area (TPSA) is 21.3 Å². The predicted molar refractivity (Wildman–Crippen MR) is 322 cm³/mol. The molecule has 3 aliphatic carbocycles. The predicted octanol–water partition coefficient (Wildman–Crippen LogP) is 19.1. The summed E-state index contributed by atoms with van der Waals surface area (Å²) in [7, 11) is 0. The Morgan fingerprint density at radius 2 is 0.987 bits per heavy atom. The molecule has 372 valence electrons. The number of furan rings is 1. The van der Waals surface area contributed by atoms with E-state index in [2.05, 4.69) is 292 Å². The van der Waals surface area contributed by atoms with Gasteiger partial charge in [0.05, 0.1) is 27.7 Å². The van der Waals surface area contributed by atoms with Gasteiger partial charge < -0.3 is 13.9 Å². The lowest BCUT2D eigenvalue weighted by Crippen LogP contribution is -2.57. The van der Waals surface area contributed by atoms with Crippen LogP contribution in [-0.2, 0) is 16.4 Å². The zero-order chi connectivity index (χ0) is 52.1. The van der Waals surface area contributed by atoms with E-state index in [4.69, 9.17) is 4.42 Å². The number of hydrogen-bond acceptors (Lipinski definition) is 2. The Hall–Kier alpha value is -9.18. The molecule has 12 aromatic rings. The number of hydrogen-bond donors (Lipinski definition) is 0. The first kappa shape index (κ1) is 45.1. The lowest BCUT2D eigenvalue weighted by Gasteiger charge is -2.62. The maximum Gasteiger partial charge on any atom is 0.134 e. The number of fused-ring (bicyclic) bond motifs is 12. The molecule has 1 aliphatic heterocycles. The van der Waals surface area contributed by atoms with Crippen molar-refractivity contribution >= 4 is 49.7 Å². The lowest BCUT2D eigenvalue weighted by atomic mass is 9.48. The number of allylic oxidation sites excluding steroid dienone is 3. The zero-order valence-electron chi connectivity index (χ0n) is 44.2. The van der Waals surface area contributed by atoms with Gasteiger partial charge in [-0.15, -0.1) is 0 Å². The monoisotopic (exact) mass is 1000 g/mol. The first-order valence-electron chi connectivity index (χ1n) is 27.7. The molecule has 0 fully saturated rings. The van der Waals surface area contributed by atoms with Gasteiger partial charge in [0.15, 0.2) is 0 Å². The fourth-order valence-corrected chi connectivity index (χ4v) is 16.0. The summed E-state index contributed by atoms with van der Waals surface area (Å²) in [6.45, 7) is 10.1. The van der Waals surface area contributed by atoms with Crippen molar-refractivity contribution in [3.8, 4) is 27.9 Å². The summed E-state index contributed by atoms with van der Waals surface area (Å²) < 4.78 is 9.96. The first-order chi connectivity index (χ1) is 38.3. The third-order valence-electron chi connectivity index (χ3n) is 18.8. The number of rotatable bonds is 6. The van der Waals surface area contributed by atoms with Crippen LogP contribution in [0.15, 0.2) is 276 Å². The smallest absolute Gasteiger partial charge is 0.134 e. The molecule has 0 amide bonds. The molecule has 4 aliphatic rings. The molecule has 0 saturated carbocycles. The summed E-state index contributed by atoms with van der Waals surface area (Å²) in [5.41, 5.74) is 23.3. The molecule has 4 unspecified atom stereocenters. The average molecular weight is 1000 g/mol. The maximum absolute atomic E-state index is 7.56. The Bertz CT molecular complexity index is 4460. The second kappa shape index (κ2) is 16.4. The van der Waals surface area contributed by atoms with Crippen LogP contribution < -0.4 is 4.90 Å². The van der Waals surface area contributed by atoms with Gasteiger partial charge in [-0.05, 0) is 135 Å². The van der Waals surface area contributed by atoms with E-state index in [-0.39, 0.29) is 11.8 Å². The van der Waals surface area contributed by atoms with Crippen molar-refractivity contribution in [1.29, 1.82) is 0 Å². The van der Waals surface area contributed by atoms with Crippen LogP contribution in [0.3, 0.4) is 0 Å². The third kappa shape index (κ3) is 5.73. The minimum Gasteiger partial charge on any atom is -0.460 e. The van der Waals surface area contributed by atoms with Crippen LogP contribution in [0.5, 0.6) is 0 Å². The van der Waals surface area contributed by atoms with Gasteiger partial charge in [-0.25, -0.2) is 0 Å². The van der Waals surface area contributed by atoms with Gasteiger partial charge in [0.25, 0.3) is 0 Å². The van der Waals surface area contributed by atoms with Gasteiger partial charge in [-0.2, -0.15) is 0 Å². The number of anilines is 2. The number of benzene rings is 10. The molecule has 3 nitrogen and oxygen atoms in total. The van der Waals surface area contributed by atoms with E-state index < -0.39 is 16.4 Å². The summed E-state index contributed by atoms with van der Waals surface area (Å²) in [4.78, 5) is 2.74. The van der Waals surface area contributed by atoms with Gasteiger partial charge in [0.2, 0.25) is 0 Å². The molecule has 3 heteroatoms. The highest BCUT2D eigenvalue weighted by Crippen LogP contribution is 2.74. The second-order valence-corrected chi connectivity index (χ2v) is 22.5. The van der Waals surface area contributed by atoms with Crippen molar-refractivity contribution in [2.24, 2.45) is 5.92 Å². The minimum atomic E-state index is -0.755. The minimum absolute atomic E-state index is 0.0170. The van der Waals surface area contributed by atoms with E-state index in [0.717, 1.165) is 28.0 Å². The Balaban J connectivity index is 1.01. The van der Waals surface area contributed by atoms with E-state index in [1.54, 1.807) is 0 Å². The normalized spacial score (nSPS) is 20.6. The average Bonchev–Trinajstić information content (AvgIpc) is 2.46. The summed E-state index contributed by atoms with van der Waals surface area (Å²) in [6.07, 6.45) is 0. The maximum atomic E-state index is 7.56. The summed E-state index contributed by atoms with van der Waals surface area (Å²) in [5.74, 6) is 1.01. The summed E-state index contributed by atoms with van der Waals surface area (Å²) >= 11 is 0. The summed E-state index contributed by atoms with van der Waals surface area (Å²) in [6, 6.07) is 95.2. The van der Waals surface area contributed by atoms with Crippen molar-refractivity contribution in [2.75, 3.05) is 4.90 Å². The van der Waals surface area contributed by atoms with E-state index in [1.807, 2.05) is 0 Å². The number of aromatic nitrogens is 1. The molecule has 0 radical (unpaired) electrons. The van der Waals surface area contributed by atoms with Gasteiger partial charge in [0.1, 0.15) is 11.3 Å². The molecule has 0 saturated heterocycles. The van der Waals surface area contributed by atoms with E-state index >= 15 is 0 Å². The van der Waals surface area contributed by atoms with Crippen molar-refractivity contribution in [2.45, 2.75) is 50.0 Å². The SMILES string of the molecule is CC1C2=C3C(C)(C4=C1C(c1ccccc1)(c1ccccc1)c1ccccc14)c1ccccc1N(c1ccccc1-c1ccccc1)C3(C)c1c(oc3ccc(-c4ccc5c(c4)c4ccccc4n5-c4ccccc4)cc13)C2C. The molecule has 3 heterocycles. The van der Waals surface area contributed by atoms with E-state index in [0.29, 0.717) is 0 Å². The molecule has 2 aromatic heterocycles. The van der Waals surface area contributed by atoms with Crippen LogP contribution in [0.2, 0.25) is 0 Å². The number of para-hydroxylation sites is 4. The van der Waals surface area contributed by atoms with Gasteiger partial charge >= 0.3 is 0 Å². The molecule has 78 heavy (non-hydrogen) atoms. The Kier molecular flexibility index (Phi) is 9.48.